The van der Waals surface area contributed by atoms with Crippen LogP contribution in [0.1, 0.15) is 16.7 Å². The van der Waals surface area contributed by atoms with E-state index in [9.17, 15) is 0 Å². The monoisotopic (exact) mass is 353 g/mol. The van der Waals surface area contributed by atoms with Gasteiger partial charge in [-0.25, -0.2) is 4.99 Å². The number of halogens is 1. The number of aromatic nitrogens is 1. The lowest BCUT2D eigenvalue weighted by Gasteiger charge is -2.14. The Hall–Kier alpha value is -2.30. The standard InChI is InChI=1S/C20H20ClN3O/c1-14-3-2-4-15(9-14)10-20-23-13-24(25-20)8-7-16-12-22-19-6-5-17(21)11-18(16)19/h2-6,9,11-12,22H,7-8,10,13H2,1H3. The molecule has 0 atom stereocenters. The van der Waals surface area contributed by atoms with Crippen molar-refractivity contribution >= 4 is 28.4 Å². The molecule has 128 valence electrons. The Bertz CT molecular complexity index is 932. The minimum absolute atomic E-state index is 0.588. The van der Waals surface area contributed by atoms with Crippen LogP contribution >= 0.6 is 11.6 Å². The number of hydroxylamine groups is 2. The van der Waals surface area contributed by atoms with Crippen molar-refractivity contribution in [3.8, 4) is 0 Å². The number of nitrogens with one attached hydrogen (secondary N) is 1. The molecule has 0 fully saturated rings. The Morgan fingerprint density at radius 1 is 1.24 bits per heavy atom. The topological polar surface area (TPSA) is 40.6 Å². The van der Waals surface area contributed by atoms with Gasteiger partial charge < -0.3 is 9.82 Å². The van der Waals surface area contributed by atoms with Gasteiger partial charge in [0, 0.05) is 28.7 Å². The summed E-state index contributed by atoms with van der Waals surface area (Å²) in [6, 6.07) is 14.4. The number of fused-ring (bicyclic) bond motifs is 1. The Morgan fingerprint density at radius 2 is 2.16 bits per heavy atom. The van der Waals surface area contributed by atoms with Gasteiger partial charge in [-0.15, -0.1) is 5.06 Å². The van der Waals surface area contributed by atoms with Crippen molar-refractivity contribution in [2.45, 2.75) is 19.8 Å². The highest BCUT2D eigenvalue weighted by molar-refractivity contribution is 6.31. The highest BCUT2D eigenvalue weighted by Gasteiger charge is 2.18. The molecule has 0 saturated carbocycles. The second-order valence-corrected chi connectivity index (χ2v) is 6.85. The Balaban J connectivity index is 1.35. The van der Waals surface area contributed by atoms with Gasteiger partial charge in [0.05, 0.1) is 6.42 Å². The molecule has 3 aromatic rings. The zero-order valence-corrected chi connectivity index (χ0v) is 14.9. The molecule has 0 spiro atoms. The second kappa shape index (κ2) is 6.90. The summed E-state index contributed by atoms with van der Waals surface area (Å²) < 4.78 is 0. The Morgan fingerprint density at radius 3 is 3.04 bits per heavy atom. The number of H-pyrrole nitrogens is 1. The van der Waals surface area contributed by atoms with Crippen molar-refractivity contribution in [1.82, 2.24) is 10.0 Å². The van der Waals surface area contributed by atoms with Crippen LogP contribution in [0.5, 0.6) is 0 Å². The number of aliphatic imine (C=N–C) groups is 1. The fourth-order valence-electron chi connectivity index (χ4n) is 3.17. The fraction of sp³-hybridized carbons (Fsp3) is 0.250. The molecule has 1 aliphatic heterocycles. The molecular weight excluding hydrogens is 334 g/mol. The maximum absolute atomic E-state index is 6.11. The van der Waals surface area contributed by atoms with E-state index in [0.29, 0.717) is 6.67 Å². The Kier molecular flexibility index (Phi) is 4.47. The number of aromatic amines is 1. The van der Waals surface area contributed by atoms with Crippen LogP contribution in [0.15, 0.2) is 53.7 Å². The molecule has 2 heterocycles. The van der Waals surface area contributed by atoms with Crippen LogP contribution in [0.3, 0.4) is 0 Å². The van der Waals surface area contributed by atoms with Gasteiger partial charge in [0.2, 0.25) is 5.90 Å². The first-order valence-corrected chi connectivity index (χ1v) is 8.82. The van der Waals surface area contributed by atoms with Gasteiger partial charge in [0.1, 0.15) is 6.67 Å². The smallest absolute Gasteiger partial charge is 0.215 e. The highest BCUT2D eigenvalue weighted by Crippen LogP contribution is 2.23. The lowest BCUT2D eigenvalue weighted by Crippen LogP contribution is -2.24. The third-order valence-electron chi connectivity index (χ3n) is 4.44. The van der Waals surface area contributed by atoms with Crippen LogP contribution in [0.4, 0.5) is 0 Å². The third-order valence-corrected chi connectivity index (χ3v) is 4.67. The highest BCUT2D eigenvalue weighted by atomic mass is 35.5. The van der Waals surface area contributed by atoms with Crippen LogP contribution in [-0.4, -0.2) is 29.2 Å². The molecule has 4 nitrogen and oxygen atoms in total. The summed E-state index contributed by atoms with van der Waals surface area (Å²) in [6.07, 6.45) is 3.67. The van der Waals surface area contributed by atoms with Gasteiger partial charge in [-0.1, -0.05) is 41.4 Å². The van der Waals surface area contributed by atoms with Crippen LogP contribution in [-0.2, 0) is 17.7 Å². The zero-order chi connectivity index (χ0) is 17.2. The van der Waals surface area contributed by atoms with E-state index >= 15 is 0 Å². The quantitative estimate of drug-likeness (QED) is 0.732. The first-order valence-electron chi connectivity index (χ1n) is 8.45. The molecule has 1 aromatic heterocycles. The van der Waals surface area contributed by atoms with E-state index < -0.39 is 0 Å². The lowest BCUT2D eigenvalue weighted by molar-refractivity contribution is -0.0492. The Labute approximate surface area is 152 Å². The summed E-state index contributed by atoms with van der Waals surface area (Å²) in [7, 11) is 0. The first-order chi connectivity index (χ1) is 12.2. The van der Waals surface area contributed by atoms with Crippen LogP contribution in [0.2, 0.25) is 5.02 Å². The molecule has 2 aromatic carbocycles. The largest absolute Gasteiger partial charge is 0.388 e. The molecule has 0 bridgehead atoms. The maximum Gasteiger partial charge on any atom is 0.215 e. The summed E-state index contributed by atoms with van der Waals surface area (Å²) in [5.41, 5.74) is 4.84. The molecule has 1 aliphatic rings. The predicted molar refractivity (Wildman–Crippen MR) is 102 cm³/mol. The van der Waals surface area contributed by atoms with Crippen LogP contribution in [0, 0.1) is 6.92 Å². The molecule has 4 rings (SSSR count). The van der Waals surface area contributed by atoms with Crippen molar-refractivity contribution in [2.24, 2.45) is 4.99 Å². The second-order valence-electron chi connectivity index (χ2n) is 6.41. The van der Waals surface area contributed by atoms with E-state index in [1.165, 1.54) is 22.1 Å². The average Bonchev–Trinajstić information content (AvgIpc) is 3.19. The summed E-state index contributed by atoms with van der Waals surface area (Å²) in [4.78, 5) is 13.7. The number of aryl methyl sites for hydroxylation is 1. The molecule has 5 heteroatoms. The number of hydrogen-bond acceptors (Lipinski definition) is 3. The molecule has 0 radical (unpaired) electrons. The van der Waals surface area contributed by atoms with E-state index in [4.69, 9.17) is 16.4 Å². The summed E-state index contributed by atoms with van der Waals surface area (Å²) in [5, 5.41) is 3.84. The summed E-state index contributed by atoms with van der Waals surface area (Å²) in [6.45, 7) is 3.48. The van der Waals surface area contributed by atoms with E-state index in [1.807, 2.05) is 29.5 Å². The SMILES string of the molecule is Cc1cccc(CC2=NCN(CCc3c[nH]c4ccc(Cl)cc34)O2)c1. The number of benzene rings is 2. The van der Waals surface area contributed by atoms with Crippen molar-refractivity contribution in [3.05, 3.63) is 70.4 Å². The lowest BCUT2D eigenvalue weighted by atomic mass is 10.1. The number of nitrogens with zero attached hydrogens (tertiary/aromatic N) is 2. The van der Waals surface area contributed by atoms with Gasteiger partial charge in [0.15, 0.2) is 0 Å². The van der Waals surface area contributed by atoms with Crippen molar-refractivity contribution in [2.75, 3.05) is 13.2 Å². The minimum Gasteiger partial charge on any atom is -0.388 e. The van der Waals surface area contributed by atoms with E-state index in [2.05, 4.69) is 41.2 Å². The molecule has 25 heavy (non-hydrogen) atoms. The van der Waals surface area contributed by atoms with Gasteiger partial charge in [-0.05, 0) is 42.7 Å². The van der Waals surface area contributed by atoms with E-state index in [-0.39, 0.29) is 0 Å². The van der Waals surface area contributed by atoms with Crippen LogP contribution in [0.25, 0.3) is 10.9 Å². The van der Waals surface area contributed by atoms with Gasteiger partial charge in [-0.3, -0.25) is 0 Å². The molecular formula is C20H20ClN3O. The molecule has 0 aliphatic carbocycles. The average molecular weight is 354 g/mol. The number of rotatable bonds is 5. The van der Waals surface area contributed by atoms with Crippen LogP contribution < -0.4 is 0 Å². The fourth-order valence-corrected chi connectivity index (χ4v) is 3.34. The summed E-state index contributed by atoms with van der Waals surface area (Å²) >= 11 is 6.11. The predicted octanol–water partition coefficient (Wildman–Crippen LogP) is 4.52. The number of hydrogen-bond donors (Lipinski definition) is 1. The van der Waals surface area contributed by atoms with Crippen molar-refractivity contribution < 1.29 is 4.84 Å². The minimum atomic E-state index is 0.588. The molecule has 0 saturated heterocycles. The van der Waals surface area contributed by atoms with Gasteiger partial charge in [-0.2, -0.15) is 0 Å². The normalized spacial score (nSPS) is 14.7. The van der Waals surface area contributed by atoms with E-state index in [0.717, 1.165) is 35.8 Å². The molecule has 1 N–H and O–H groups in total. The zero-order valence-electron chi connectivity index (χ0n) is 14.1. The van der Waals surface area contributed by atoms with Crippen molar-refractivity contribution in [3.63, 3.8) is 0 Å². The van der Waals surface area contributed by atoms with Gasteiger partial charge >= 0.3 is 0 Å². The third kappa shape index (κ3) is 3.70. The van der Waals surface area contributed by atoms with Gasteiger partial charge in [0.25, 0.3) is 0 Å². The van der Waals surface area contributed by atoms with E-state index in [1.54, 1.807) is 0 Å². The molecule has 0 unspecified atom stereocenters. The first kappa shape index (κ1) is 16.2. The molecule has 0 amide bonds. The summed E-state index contributed by atoms with van der Waals surface area (Å²) in [5.74, 6) is 0.785. The van der Waals surface area contributed by atoms with Crippen molar-refractivity contribution in [1.29, 1.82) is 0 Å². The maximum atomic E-state index is 6.11.